The average molecular weight is 513 g/mol. The summed E-state index contributed by atoms with van der Waals surface area (Å²) in [5.74, 6) is 0.495. The van der Waals surface area contributed by atoms with Gasteiger partial charge in [0.15, 0.2) is 11.1 Å². The van der Waals surface area contributed by atoms with Crippen LogP contribution in [0.2, 0.25) is 0 Å². The van der Waals surface area contributed by atoms with Gasteiger partial charge in [0, 0.05) is 26.5 Å². The standard InChI is InChI=1S/C17H22F3N5S.HI/c1-11(12-6-5-7-13(8-12)17(18,19)20)23-15(21-2)22-9-14-10-26-16(24-14)25(3)4;/h5-8,10-11H,9H2,1-4H3,(H2,21,22,23);1H. The number of hydrogen-bond acceptors (Lipinski definition) is 4. The van der Waals surface area contributed by atoms with Crippen molar-refractivity contribution in [2.45, 2.75) is 25.7 Å². The van der Waals surface area contributed by atoms with Crippen molar-refractivity contribution in [2.75, 3.05) is 26.0 Å². The van der Waals surface area contributed by atoms with Gasteiger partial charge in [0.05, 0.1) is 23.8 Å². The number of nitrogens with zero attached hydrogens (tertiary/aromatic N) is 3. The van der Waals surface area contributed by atoms with Gasteiger partial charge in [0.1, 0.15) is 0 Å². The normalized spacial score (nSPS) is 12.9. The molecule has 2 aromatic rings. The highest BCUT2D eigenvalue weighted by Crippen LogP contribution is 2.30. The largest absolute Gasteiger partial charge is 0.416 e. The smallest absolute Gasteiger partial charge is 0.354 e. The van der Waals surface area contributed by atoms with Gasteiger partial charge in [-0.3, -0.25) is 4.99 Å². The molecule has 0 saturated heterocycles. The second-order valence-corrected chi connectivity index (χ2v) is 6.77. The molecule has 1 aromatic carbocycles. The topological polar surface area (TPSA) is 52.6 Å². The second-order valence-electron chi connectivity index (χ2n) is 5.93. The Labute approximate surface area is 178 Å². The fourth-order valence-electron chi connectivity index (χ4n) is 2.22. The van der Waals surface area contributed by atoms with Crippen molar-refractivity contribution in [3.63, 3.8) is 0 Å². The number of halogens is 4. The van der Waals surface area contributed by atoms with Crippen molar-refractivity contribution >= 4 is 46.4 Å². The van der Waals surface area contributed by atoms with E-state index in [1.807, 2.05) is 24.4 Å². The molecule has 2 rings (SSSR count). The quantitative estimate of drug-likeness (QED) is 0.356. The number of benzene rings is 1. The third-order valence-corrected chi connectivity index (χ3v) is 4.71. The lowest BCUT2D eigenvalue weighted by Crippen LogP contribution is -2.38. The van der Waals surface area contributed by atoms with Gasteiger partial charge < -0.3 is 15.5 Å². The lowest BCUT2D eigenvalue weighted by atomic mass is 10.1. The van der Waals surface area contributed by atoms with E-state index in [0.717, 1.165) is 23.0 Å². The number of aliphatic imine (C=N–C) groups is 1. The lowest BCUT2D eigenvalue weighted by Gasteiger charge is -2.19. The first-order valence-corrected chi connectivity index (χ1v) is 8.84. The third kappa shape index (κ3) is 6.83. The number of guanidine groups is 1. The number of alkyl halides is 3. The van der Waals surface area contributed by atoms with E-state index in [-0.39, 0.29) is 30.0 Å². The molecule has 0 radical (unpaired) electrons. The van der Waals surface area contributed by atoms with Gasteiger partial charge >= 0.3 is 6.18 Å². The highest BCUT2D eigenvalue weighted by Gasteiger charge is 2.30. The maximum atomic E-state index is 12.9. The van der Waals surface area contributed by atoms with Gasteiger partial charge in [-0.05, 0) is 24.6 Å². The minimum Gasteiger partial charge on any atom is -0.354 e. The zero-order chi connectivity index (χ0) is 19.3. The summed E-state index contributed by atoms with van der Waals surface area (Å²) in [5.41, 5.74) is 0.741. The molecule has 5 nitrogen and oxygen atoms in total. The SMILES string of the molecule is CN=C(NCc1csc(N(C)C)n1)NC(C)c1cccc(C(F)(F)F)c1.I. The molecular formula is C17H23F3IN5S. The van der Waals surface area contributed by atoms with Crippen LogP contribution in [0.4, 0.5) is 18.3 Å². The van der Waals surface area contributed by atoms with E-state index < -0.39 is 11.7 Å². The maximum absolute atomic E-state index is 12.9. The maximum Gasteiger partial charge on any atom is 0.416 e. The summed E-state index contributed by atoms with van der Waals surface area (Å²) in [5, 5.41) is 9.08. The Morgan fingerprint density at radius 1 is 1.33 bits per heavy atom. The second kappa shape index (κ2) is 10.1. The van der Waals surface area contributed by atoms with Crippen molar-refractivity contribution in [1.29, 1.82) is 0 Å². The monoisotopic (exact) mass is 513 g/mol. The average Bonchev–Trinajstić information content (AvgIpc) is 3.07. The minimum absolute atomic E-state index is 0. The van der Waals surface area contributed by atoms with Crippen LogP contribution in [0.1, 0.15) is 29.8 Å². The number of hydrogen-bond donors (Lipinski definition) is 2. The van der Waals surface area contributed by atoms with E-state index in [9.17, 15) is 13.2 Å². The van der Waals surface area contributed by atoms with E-state index in [1.54, 1.807) is 20.0 Å². The van der Waals surface area contributed by atoms with Crippen molar-refractivity contribution in [3.8, 4) is 0 Å². The van der Waals surface area contributed by atoms with E-state index in [0.29, 0.717) is 18.1 Å². The number of nitrogens with one attached hydrogen (secondary N) is 2. The Balaban J connectivity index is 0.00000364. The molecule has 0 saturated carbocycles. The Kier molecular flexibility index (Phi) is 8.79. The summed E-state index contributed by atoms with van der Waals surface area (Å²) in [6.45, 7) is 2.26. The molecule has 150 valence electrons. The molecule has 0 fully saturated rings. The fourth-order valence-corrected chi connectivity index (χ4v) is 2.98. The highest BCUT2D eigenvalue weighted by atomic mass is 127. The van der Waals surface area contributed by atoms with Crippen LogP contribution in [0.5, 0.6) is 0 Å². The van der Waals surface area contributed by atoms with Gasteiger partial charge in [-0.2, -0.15) is 13.2 Å². The zero-order valence-corrected chi connectivity index (χ0v) is 18.6. The first-order valence-electron chi connectivity index (χ1n) is 7.96. The Hall–Kier alpha value is -1.56. The zero-order valence-electron chi connectivity index (χ0n) is 15.5. The van der Waals surface area contributed by atoms with Crippen LogP contribution >= 0.6 is 35.3 Å². The van der Waals surface area contributed by atoms with Crippen molar-refractivity contribution in [3.05, 3.63) is 46.5 Å². The van der Waals surface area contributed by atoms with Crippen LogP contribution in [0.3, 0.4) is 0 Å². The molecule has 0 aliphatic rings. The molecular weight excluding hydrogens is 490 g/mol. The van der Waals surface area contributed by atoms with Crippen molar-refractivity contribution in [2.24, 2.45) is 4.99 Å². The molecule has 1 aromatic heterocycles. The first-order chi connectivity index (χ1) is 12.2. The number of rotatable bonds is 5. The Morgan fingerprint density at radius 2 is 2.04 bits per heavy atom. The number of anilines is 1. The van der Waals surface area contributed by atoms with Gasteiger partial charge in [0.2, 0.25) is 0 Å². The highest BCUT2D eigenvalue weighted by molar-refractivity contribution is 14.0. The van der Waals surface area contributed by atoms with Gasteiger partial charge in [-0.1, -0.05) is 12.1 Å². The summed E-state index contributed by atoms with van der Waals surface area (Å²) in [4.78, 5) is 10.5. The van der Waals surface area contributed by atoms with Gasteiger partial charge in [-0.15, -0.1) is 35.3 Å². The summed E-state index contributed by atoms with van der Waals surface area (Å²) in [6, 6.07) is 4.94. The Morgan fingerprint density at radius 3 is 2.59 bits per heavy atom. The van der Waals surface area contributed by atoms with Crippen molar-refractivity contribution in [1.82, 2.24) is 15.6 Å². The van der Waals surface area contributed by atoms with E-state index >= 15 is 0 Å². The summed E-state index contributed by atoms with van der Waals surface area (Å²) in [7, 11) is 5.46. The fraction of sp³-hybridized carbons (Fsp3) is 0.412. The van der Waals surface area contributed by atoms with Crippen molar-refractivity contribution < 1.29 is 13.2 Å². The number of thiazole rings is 1. The third-order valence-electron chi connectivity index (χ3n) is 3.65. The summed E-state index contributed by atoms with van der Waals surface area (Å²) < 4.78 is 38.6. The molecule has 0 aliphatic heterocycles. The number of aromatic nitrogens is 1. The van der Waals surface area contributed by atoms with Crippen LogP contribution in [0.25, 0.3) is 0 Å². The molecule has 27 heavy (non-hydrogen) atoms. The predicted octanol–water partition coefficient (Wildman–Crippen LogP) is 4.27. The summed E-state index contributed by atoms with van der Waals surface area (Å²) in [6.07, 6.45) is -4.36. The molecule has 1 atom stereocenters. The van der Waals surface area contributed by atoms with Crippen LogP contribution in [0.15, 0.2) is 34.6 Å². The predicted molar refractivity (Wildman–Crippen MR) is 115 cm³/mol. The van der Waals surface area contributed by atoms with Gasteiger partial charge in [0.25, 0.3) is 0 Å². The van der Waals surface area contributed by atoms with Crippen LogP contribution in [0, 0.1) is 0 Å². The molecule has 10 heteroatoms. The van der Waals surface area contributed by atoms with E-state index in [4.69, 9.17) is 0 Å². The molecule has 0 amide bonds. The minimum atomic E-state index is -4.36. The Bertz CT molecular complexity index is 761. The molecule has 0 aliphatic carbocycles. The van der Waals surface area contributed by atoms with E-state index in [2.05, 4.69) is 20.6 Å². The van der Waals surface area contributed by atoms with Crippen LogP contribution in [-0.2, 0) is 12.7 Å². The van der Waals surface area contributed by atoms with Crippen LogP contribution < -0.4 is 15.5 Å². The molecule has 1 unspecified atom stereocenters. The molecule has 1 heterocycles. The first kappa shape index (κ1) is 23.5. The molecule has 2 N–H and O–H groups in total. The van der Waals surface area contributed by atoms with E-state index in [1.165, 1.54) is 17.4 Å². The van der Waals surface area contributed by atoms with Gasteiger partial charge in [-0.25, -0.2) is 4.98 Å². The van der Waals surface area contributed by atoms with Crippen LogP contribution in [-0.4, -0.2) is 32.1 Å². The lowest BCUT2D eigenvalue weighted by molar-refractivity contribution is -0.137. The molecule has 0 bridgehead atoms. The summed E-state index contributed by atoms with van der Waals surface area (Å²) >= 11 is 1.54. The molecule has 0 spiro atoms.